The van der Waals surface area contributed by atoms with Crippen LogP contribution < -0.4 is 5.32 Å². The van der Waals surface area contributed by atoms with Crippen molar-refractivity contribution in [2.24, 2.45) is 0 Å². The molecule has 4 aromatic rings. The van der Waals surface area contributed by atoms with E-state index in [2.05, 4.69) is 5.32 Å². The predicted molar refractivity (Wildman–Crippen MR) is 102 cm³/mol. The topological polar surface area (TPSA) is 62.5 Å². The fourth-order valence-electron chi connectivity index (χ4n) is 3.05. The van der Waals surface area contributed by atoms with E-state index in [0.29, 0.717) is 16.2 Å². The molecular formula is C21H17NO3S. The van der Waals surface area contributed by atoms with Gasteiger partial charge in [0.25, 0.3) is 5.91 Å². The van der Waals surface area contributed by atoms with Crippen LogP contribution in [-0.2, 0) is 5.60 Å². The lowest BCUT2D eigenvalue weighted by molar-refractivity contribution is 0.0555. The Hall–Kier alpha value is -2.89. The number of thiophene rings is 1. The molecule has 1 unspecified atom stereocenters. The minimum absolute atomic E-state index is 0.0169. The number of nitrogens with one attached hydrogen (secondary N) is 1. The lowest BCUT2D eigenvalue weighted by Gasteiger charge is -2.25. The minimum Gasteiger partial charge on any atom is -0.466 e. The van der Waals surface area contributed by atoms with Crippen LogP contribution in [0.15, 0.2) is 82.8 Å². The molecule has 0 spiro atoms. The smallest absolute Gasteiger partial charge is 0.252 e. The van der Waals surface area contributed by atoms with E-state index < -0.39 is 5.60 Å². The Morgan fingerprint density at radius 1 is 1.04 bits per heavy atom. The number of rotatable bonds is 5. The Kier molecular flexibility index (Phi) is 4.32. The highest BCUT2D eigenvalue weighted by atomic mass is 32.1. The van der Waals surface area contributed by atoms with Gasteiger partial charge in [0.1, 0.15) is 5.76 Å². The summed E-state index contributed by atoms with van der Waals surface area (Å²) in [6.45, 7) is 0.0169. The van der Waals surface area contributed by atoms with E-state index >= 15 is 0 Å². The molecule has 0 saturated carbocycles. The number of benzene rings is 2. The SMILES string of the molecule is O=C(NCC(O)(c1ccco1)c1cccs1)c1cccc2ccccc12. The summed E-state index contributed by atoms with van der Waals surface area (Å²) >= 11 is 1.42. The van der Waals surface area contributed by atoms with Gasteiger partial charge in [-0.3, -0.25) is 4.79 Å². The third kappa shape index (κ3) is 2.92. The zero-order valence-corrected chi connectivity index (χ0v) is 14.7. The van der Waals surface area contributed by atoms with Crippen molar-refractivity contribution < 1.29 is 14.3 Å². The van der Waals surface area contributed by atoms with Crippen LogP contribution in [0.25, 0.3) is 10.8 Å². The van der Waals surface area contributed by atoms with Crippen LogP contribution in [0.2, 0.25) is 0 Å². The molecule has 2 aromatic heterocycles. The van der Waals surface area contributed by atoms with E-state index in [1.54, 1.807) is 18.2 Å². The molecule has 1 atom stereocenters. The van der Waals surface area contributed by atoms with Crippen molar-refractivity contribution in [3.8, 4) is 0 Å². The number of furan rings is 1. The Balaban J connectivity index is 1.63. The number of hydrogen-bond donors (Lipinski definition) is 2. The maximum absolute atomic E-state index is 12.8. The third-order valence-electron chi connectivity index (χ3n) is 4.40. The van der Waals surface area contributed by atoms with Crippen molar-refractivity contribution in [1.29, 1.82) is 0 Å². The van der Waals surface area contributed by atoms with Crippen LogP contribution in [0.5, 0.6) is 0 Å². The Morgan fingerprint density at radius 2 is 1.88 bits per heavy atom. The summed E-state index contributed by atoms with van der Waals surface area (Å²) in [6, 6.07) is 20.5. The quantitative estimate of drug-likeness (QED) is 0.560. The lowest BCUT2D eigenvalue weighted by Crippen LogP contribution is -2.41. The molecule has 4 rings (SSSR count). The first-order valence-corrected chi connectivity index (χ1v) is 9.13. The monoisotopic (exact) mass is 363 g/mol. The lowest BCUT2D eigenvalue weighted by atomic mass is 9.98. The molecule has 0 bridgehead atoms. The molecule has 0 fully saturated rings. The molecule has 2 heterocycles. The summed E-state index contributed by atoms with van der Waals surface area (Å²) in [7, 11) is 0. The number of hydrogen-bond acceptors (Lipinski definition) is 4. The summed E-state index contributed by atoms with van der Waals surface area (Å²) in [5, 5.41) is 17.9. The van der Waals surface area contributed by atoms with E-state index in [1.807, 2.05) is 53.9 Å². The van der Waals surface area contributed by atoms with Crippen LogP contribution in [0.1, 0.15) is 21.0 Å². The van der Waals surface area contributed by atoms with E-state index in [0.717, 1.165) is 10.8 Å². The first kappa shape index (κ1) is 16.6. The normalized spacial score (nSPS) is 13.4. The van der Waals surface area contributed by atoms with Gasteiger partial charge < -0.3 is 14.8 Å². The van der Waals surface area contributed by atoms with Crippen LogP contribution in [0, 0.1) is 0 Å². The summed E-state index contributed by atoms with van der Waals surface area (Å²) in [6.07, 6.45) is 1.51. The highest BCUT2D eigenvalue weighted by molar-refractivity contribution is 7.10. The molecular weight excluding hydrogens is 346 g/mol. The molecule has 130 valence electrons. The average molecular weight is 363 g/mol. The molecule has 0 aliphatic carbocycles. The van der Waals surface area contributed by atoms with Crippen LogP contribution in [0.4, 0.5) is 0 Å². The summed E-state index contributed by atoms with van der Waals surface area (Å²) in [4.78, 5) is 13.5. The van der Waals surface area contributed by atoms with Crippen LogP contribution >= 0.6 is 11.3 Å². The molecule has 1 amide bonds. The molecule has 2 aromatic carbocycles. The molecule has 0 radical (unpaired) electrons. The largest absolute Gasteiger partial charge is 0.466 e. The summed E-state index contributed by atoms with van der Waals surface area (Å²) < 4.78 is 5.44. The van der Waals surface area contributed by atoms with Crippen molar-refractivity contribution in [3.05, 3.63) is 94.6 Å². The summed E-state index contributed by atoms with van der Waals surface area (Å²) in [5.41, 5.74) is -0.825. The highest BCUT2D eigenvalue weighted by Gasteiger charge is 2.36. The van der Waals surface area contributed by atoms with Gasteiger partial charge in [-0.1, -0.05) is 42.5 Å². The maximum Gasteiger partial charge on any atom is 0.252 e. The van der Waals surface area contributed by atoms with Crippen molar-refractivity contribution in [2.45, 2.75) is 5.60 Å². The fourth-order valence-corrected chi connectivity index (χ4v) is 3.88. The molecule has 5 heteroatoms. The fraction of sp³-hybridized carbons (Fsp3) is 0.0952. The van der Waals surface area contributed by atoms with Gasteiger partial charge in [0.15, 0.2) is 5.60 Å². The molecule has 0 aliphatic rings. The number of carbonyl (C=O) groups excluding carboxylic acids is 1. The number of carbonyl (C=O) groups is 1. The van der Waals surface area contributed by atoms with E-state index in [-0.39, 0.29) is 12.5 Å². The van der Waals surface area contributed by atoms with Crippen LogP contribution in [0.3, 0.4) is 0 Å². The van der Waals surface area contributed by atoms with Gasteiger partial charge in [-0.05, 0) is 40.4 Å². The zero-order valence-electron chi connectivity index (χ0n) is 13.9. The minimum atomic E-state index is -1.40. The second-order valence-corrected chi connectivity index (χ2v) is 6.97. The van der Waals surface area contributed by atoms with E-state index in [9.17, 15) is 9.90 Å². The van der Waals surface area contributed by atoms with Gasteiger partial charge in [-0.25, -0.2) is 0 Å². The first-order valence-electron chi connectivity index (χ1n) is 8.25. The zero-order chi connectivity index (χ0) is 18.0. The molecule has 0 saturated heterocycles. The molecule has 4 nitrogen and oxygen atoms in total. The van der Waals surface area contributed by atoms with Gasteiger partial charge in [-0.15, -0.1) is 11.3 Å². The van der Waals surface area contributed by atoms with Gasteiger partial charge in [-0.2, -0.15) is 0 Å². The maximum atomic E-state index is 12.8. The first-order chi connectivity index (χ1) is 12.7. The number of aliphatic hydroxyl groups is 1. The Morgan fingerprint density at radius 3 is 2.65 bits per heavy atom. The van der Waals surface area contributed by atoms with Crippen molar-refractivity contribution in [3.63, 3.8) is 0 Å². The Labute approximate surface area is 154 Å². The number of fused-ring (bicyclic) bond motifs is 1. The number of amides is 1. The van der Waals surface area contributed by atoms with Crippen LogP contribution in [-0.4, -0.2) is 17.6 Å². The van der Waals surface area contributed by atoms with Crippen molar-refractivity contribution in [2.75, 3.05) is 6.54 Å². The highest BCUT2D eigenvalue weighted by Crippen LogP contribution is 2.32. The third-order valence-corrected chi connectivity index (χ3v) is 5.42. The molecule has 2 N–H and O–H groups in total. The standard InChI is InChI=1S/C21H17NO3S/c23-20(17-9-3-7-15-6-1-2-8-16(15)17)22-14-21(24,18-10-4-12-25-18)19-11-5-13-26-19/h1-13,24H,14H2,(H,22,23). The van der Waals surface area contributed by atoms with Gasteiger partial charge in [0.2, 0.25) is 0 Å². The van der Waals surface area contributed by atoms with Crippen molar-refractivity contribution in [1.82, 2.24) is 5.32 Å². The molecule has 26 heavy (non-hydrogen) atoms. The van der Waals surface area contributed by atoms with E-state index in [4.69, 9.17) is 4.42 Å². The van der Waals surface area contributed by atoms with Gasteiger partial charge in [0.05, 0.1) is 12.8 Å². The summed E-state index contributed by atoms with van der Waals surface area (Å²) in [5.74, 6) is 0.168. The van der Waals surface area contributed by atoms with E-state index in [1.165, 1.54) is 17.6 Å². The van der Waals surface area contributed by atoms with Gasteiger partial charge in [0, 0.05) is 10.4 Å². The van der Waals surface area contributed by atoms with Gasteiger partial charge >= 0.3 is 0 Å². The predicted octanol–water partition coefficient (Wildman–Crippen LogP) is 4.16. The second-order valence-electron chi connectivity index (χ2n) is 6.02. The average Bonchev–Trinajstić information content (AvgIpc) is 3.39. The Bertz CT molecular complexity index is 983. The molecule has 0 aliphatic heterocycles. The van der Waals surface area contributed by atoms with Crippen molar-refractivity contribution >= 4 is 28.0 Å². The second kappa shape index (κ2) is 6.78.